The van der Waals surface area contributed by atoms with Gasteiger partial charge < -0.3 is 0 Å². The summed E-state index contributed by atoms with van der Waals surface area (Å²) in [5, 5.41) is 11.7. The van der Waals surface area contributed by atoms with Crippen LogP contribution in [0.2, 0.25) is 0 Å². The number of amides is 1. The summed E-state index contributed by atoms with van der Waals surface area (Å²) in [6, 6.07) is 7.96. The van der Waals surface area contributed by atoms with Crippen molar-refractivity contribution in [2.75, 3.05) is 5.32 Å². The quantitative estimate of drug-likeness (QED) is 0.738. The van der Waals surface area contributed by atoms with Gasteiger partial charge in [0, 0.05) is 0 Å². The highest BCUT2D eigenvalue weighted by Crippen LogP contribution is 2.32. The molecular formula is C13H12N4OS3. The normalized spacial score (nSPS) is 12.5. The molecule has 0 fully saturated rings. The number of rotatable bonds is 4. The van der Waals surface area contributed by atoms with Crippen LogP contribution in [-0.4, -0.2) is 26.3 Å². The molecule has 1 N–H and O–H groups in total. The fraction of sp³-hybridized carbons (Fsp3) is 0.231. The minimum absolute atomic E-state index is 0.0876. The van der Waals surface area contributed by atoms with Crippen LogP contribution < -0.4 is 5.32 Å². The van der Waals surface area contributed by atoms with Crippen molar-refractivity contribution in [3.63, 3.8) is 0 Å². The van der Waals surface area contributed by atoms with Crippen LogP contribution in [0.3, 0.4) is 0 Å². The molecule has 8 heteroatoms. The van der Waals surface area contributed by atoms with Gasteiger partial charge in [0.15, 0.2) is 4.34 Å². The third-order valence-corrected chi connectivity index (χ3v) is 5.66. The van der Waals surface area contributed by atoms with Gasteiger partial charge in [-0.15, -0.1) is 21.5 Å². The van der Waals surface area contributed by atoms with E-state index in [0.717, 1.165) is 19.6 Å². The van der Waals surface area contributed by atoms with E-state index in [2.05, 4.69) is 20.5 Å². The van der Waals surface area contributed by atoms with Gasteiger partial charge in [-0.2, -0.15) is 0 Å². The zero-order valence-corrected chi connectivity index (χ0v) is 13.8. The maximum absolute atomic E-state index is 12.1. The Morgan fingerprint density at radius 3 is 2.81 bits per heavy atom. The largest absolute Gasteiger partial charge is 0.300 e. The second-order valence-electron chi connectivity index (χ2n) is 4.32. The molecule has 0 saturated carbocycles. The van der Waals surface area contributed by atoms with E-state index in [1.807, 2.05) is 38.1 Å². The Kier molecular flexibility index (Phi) is 4.18. The summed E-state index contributed by atoms with van der Waals surface area (Å²) in [4.78, 5) is 16.6. The van der Waals surface area contributed by atoms with Crippen LogP contribution in [0.1, 0.15) is 11.9 Å². The first-order valence-corrected chi connectivity index (χ1v) is 8.76. The molecule has 21 heavy (non-hydrogen) atoms. The van der Waals surface area contributed by atoms with Gasteiger partial charge in [-0.1, -0.05) is 35.2 Å². The van der Waals surface area contributed by atoms with Crippen molar-refractivity contribution in [2.45, 2.75) is 23.4 Å². The van der Waals surface area contributed by atoms with Crippen LogP contribution in [0, 0.1) is 6.92 Å². The van der Waals surface area contributed by atoms with Gasteiger partial charge >= 0.3 is 0 Å². The summed E-state index contributed by atoms with van der Waals surface area (Å²) in [5.74, 6) is -0.0876. The molecule has 0 saturated heterocycles. The van der Waals surface area contributed by atoms with Gasteiger partial charge in [0.25, 0.3) is 0 Å². The van der Waals surface area contributed by atoms with Crippen LogP contribution in [0.5, 0.6) is 0 Å². The lowest BCUT2D eigenvalue weighted by Gasteiger charge is -2.07. The van der Waals surface area contributed by atoms with Gasteiger partial charge in [0.2, 0.25) is 11.0 Å². The van der Waals surface area contributed by atoms with Crippen molar-refractivity contribution in [1.29, 1.82) is 0 Å². The zero-order chi connectivity index (χ0) is 14.8. The number of carbonyl (C=O) groups excluding carboxylic acids is 1. The standard InChI is InChI=1S/C13H12N4OS3/c1-7(11(18)15-12-17-16-8(2)20-12)19-13-14-9-5-3-4-6-10(9)21-13/h3-7H,1-2H3,(H,15,17,18)/t7-/m1/s1. The minimum Gasteiger partial charge on any atom is -0.300 e. The van der Waals surface area contributed by atoms with E-state index >= 15 is 0 Å². The first kappa shape index (κ1) is 14.4. The second-order valence-corrected chi connectivity index (χ2v) is 8.12. The number of thiazole rings is 1. The maximum atomic E-state index is 12.1. The lowest BCUT2D eigenvalue weighted by molar-refractivity contribution is -0.115. The molecule has 0 spiro atoms. The summed E-state index contributed by atoms with van der Waals surface area (Å²) in [6.07, 6.45) is 0. The Hall–Kier alpha value is -1.51. The monoisotopic (exact) mass is 336 g/mol. The molecule has 5 nitrogen and oxygen atoms in total. The van der Waals surface area contributed by atoms with E-state index < -0.39 is 0 Å². The van der Waals surface area contributed by atoms with Gasteiger partial charge in [0.05, 0.1) is 15.5 Å². The lowest BCUT2D eigenvalue weighted by atomic mass is 10.3. The van der Waals surface area contributed by atoms with Crippen molar-refractivity contribution in [1.82, 2.24) is 15.2 Å². The van der Waals surface area contributed by atoms with Crippen molar-refractivity contribution in [3.8, 4) is 0 Å². The highest BCUT2D eigenvalue weighted by atomic mass is 32.2. The van der Waals surface area contributed by atoms with Gasteiger partial charge in [-0.3, -0.25) is 10.1 Å². The van der Waals surface area contributed by atoms with E-state index in [9.17, 15) is 4.79 Å². The first-order chi connectivity index (χ1) is 10.1. The molecule has 1 amide bonds. The van der Waals surface area contributed by atoms with Crippen molar-refractivity contribution >= 4 is 55.7 Å². The predicted molar refractivity (Wildman–Crippen MR) is 88.2 cm³/mol. The molecule has 1 atom stereocenters. The number of nitrogens with one attached hydrogen (secondary N) is 1. The summed E-state index contributed by atoms with van der Waals surface area (Å²) in [6.45, 7) is 3.71. The summed E-state index contributed by atoms with van der Waals surface area (Å²) in [7, 11) is 0. The van der Waals surface area contributed by atoms with Gasteiger partial charge in [-0.25, -0.2) is 4.98 Å². The van der Waals surface area contributed by atoms with Crippen LogP contribution >= 0.6 is 34.4 Å². The zero-order valence-electron chi connectivity index (χ0n) is 11.4. The molecule has 2 heterocycles. The van der Waals surface area contributed by atoms with E-state index in [1.165, 1.54) is 23.1 Å². The lowest BCUT2D eigenvalue weighted by Crippen LogP contribution is -2.22. The summed E-state index contributed by atoms with van der Waals surface area (Å²) >= 11 is 4.42. The Labute approximate surface area is 133 Å². The van der Waals surface area contributed by atoms with Crippen LogP contribution in [0.15, 0.2) is 28.6 Å². The molecule has 0 bridgehead atoms. The molecular weight excluding hydrogens is 324 g/mol. The average Bonchev–Trinajstić information content (AvgIpc) is 3.04. The maximum Gasteiger partial charge on any atom is 0.239 e. The smallest absolute Gasteiger partial charge is 0.239 e. The van der Waals surface area contributed by atoms with E-state index in [-0.39, 0.29) is 11.2 Å². The molecule has 0 unspecified atom stereocenters. The second kappa shape index (κ2) is 6.08. The predicted octanol–water partition coefficient (Wildman–Crippen LogP) is 3.58. The van der Waals surface area contributed by atoms with Crippen LogP contribution in [-0.2, 0) is 4.79 Å². The number of hydrogen-bond donors (Lipinski definition) is 1. The topological polar surface area (TPSA) is 67.8 Å². The Balaban J connectivity index is 1.67. The van der Waals surface area contributed by atoms with Crippen molar-refractivity contribution in [3.05, 3.63) is 29.3 Å². The molecule has 1 aromatic carbocycles. The number of benzene rings is 1. The number of fused-ring (bicyclic) bond motifs is 1. The first-order valence-electron chi connectivity index (χ1n) is 6.25. The number of hydrogen-bond acceptors (Lipinski definition) is 7. The third-order valence-electron chi connectivity index (χ3n) is 2.68. The SMILES string of the molecule is Cc1nnc(NC(=O)[C@@H](C)Sc2nc3ccccc3s2)s1. The number of aromatic nitrogens is 3. The van der Waals surface area contributed by atoms with Crippen molar-refractivity contribution < 1.29 is 4.79 Å². The number of para-hydroxylation sites is 1. The molecule has 0 aliphatic heterocycles. The van der Waals surface area contributed by atoms with E-state index in [1.54, 1.807) is 11.3 Å². The van der Waals surface area contributed by atoms with Crippen LogP contribution in [0.25, 0.3) is 10.2 Å². The number of aryl methyl sites for hydroxylation is 1. The summed E-state index contributed by atoms with van der Waals surface area (Å²) < 4.78 is 2.03. The number of thioether (sulfide) groups is 1. The highest BCUT2D eigenvalue weighted by molar-refractivity contribution is 8.02. The molecule has 3 rings (SSSR count). The molecule has 108 valence electrons. The number of nitrogens with zero attached hydrogens (tertiary/aromatic N) is 3. The molecule has 2 aromatic heterocycles. The number of carbonyl (C=O) groups is 1. The van der Waals surface area contributed by atoms with Gasteiger partial charge in [0.1, 0.15) is 5.01 Å². The molecule has 0 aliphatic carbocycles. The highest BCUT2D eigenvalue weighted by Gasteiger charge is 2.18. The molecule has 0 aliphatic rings. The Morgan fingerprint density at radius 1 is 1.29 bits per heavy atom. The van der Waals surface area contributed by atoms with E-state index in [4.69, 9.17) is 0 Å². The Bertz CT molecular complexity index is 749. The van der Waals surface area contributed by atoms with E-state index in [0.29, 0.717) is 5.13 Å². The molecule has 3 aromatic rings. The van der Waals surface area contributed by atoms with Crippen molar-refractivity contribution in [2.24, 2.45) is 0 Å². The molecule has 0 radical (unpaired) electrons. The third kappa shape index (κ3) is 3.39. The summed E-state index contributed by atoms with van der Waals surface area (Å²) in [5.41, 5.74) is 0.970. The number of anilines is 1. The fourth-order valence-electron chi connectivity index (χ4n) is 1.66. The minimum atomic E-state index is -0.241. The Morgan fingerprint density at radius 2 is 2.10 bits per heavy atom. The van der Waals surface area contributed by atoms with Crippen LogP contribution in [0.4, 0.5) is 5.13 Å². The fourth-order valence-corrected chi connectivity index (χ4v) is 4.47. The average molecular weight is 336 g/mol. The van der Waals surface area contributed by atoms with Gasteiger partial charge in [-0.05, 0) is 26.0 Å².